The Morgan fingerprint density at radius 3 is 2.94 bits per heavy atom. The first-order valence-electron chi connectivity index (χ1n) is 6.96. The topological polar surface area (TPSA) is 58.4 Å². The normalized spacial score (nSPS) is 30.1. The molecule has 2 aliphatic heterocycles. The second kappa shape index (κ2) is 5.80. The molecule has 0 aromatic heterocycles. The summed E-state index contributed by atoms with van der Waals surface area (Å²) < 4.78 is 0. The zero-order valence-corrected chi connectivity index (χ0v) is 12.3. The number of hydrogen-bond acceptors (Lipinski definition) is 4. The van der Waals surface area contributed by atoms with E-state index in [1.165, 1.54) is 6.42 Å². The maximum absolute atomic E-state index is 12.3. The number of rotatable bonds is 3. The molecule has 1 spiro atoms. The minimum atomic E-state index is -0.327. The third-order valence-corrected chi connectivity index (χ3v) is 5.18. The third kappa shape index (κ3) is 3.19. The van der Waals surface area contributed by atoms with E-state index in [-0.39, 0.29) is 16.8 Å². The van der Waals surface area contributed by atoms with Gasteiger partial charge in [0.25, 0.3) is 0 Å². The smallest absolute Gasteiger partial charge is 0.239 e. The highest BCUT2D eigenvalue weighted by Gasteiger charge is 2.40. The van der Waals surface area contributed by atoms with E-state index >= 15 is 0 Å². The van der Waals surface area contributed by atoms with Crippen molar-refractivity contribution in [3.63, 3.8) is 0 Å². The Hall–Kier alpha value is -0.260. The predicted molar refractivity (Wildman–Crippen MR) is 76.4 cm³/mol. The molecule has 1 unspecified atom stereocenters. The van der Waals surface area contributed by atoms with Crippen LogP contribution in [0.15, 0.2) is 0 Å². The molecular weight excluding hydrogens is 246 g/mol. The van der Waals surface area contributed by atoms with E-state index in [4.69, 9.17) is 5.73 Å². The van der Waals surface area contributed by atoms with Crippen LogP contribution in [0.5, 0.6) is 0 Å². The van der Waals surface area contributed by atoms with Crippen LogP contribution in [0.4, 0.5) is 0 Å². The first-order chi connectivity index (χ1) is 8.52. The number of nitrogens with two attached hydrogens (primary N) is 1. The number of piperidine rings is 1. The van der Waals surface area contributed by atoms with Crippen LogP contribution in [0.3, 0.4) is 0 Å². The zero-order chi connectivity index (χ0) is 13.2. The van der Waals surface area contributed by atoms with Gasteiger partial charge in [0.05, 0.1) is 10.9 Å². The Morgan fingerprint density at radius 2 is 2.33 bits per heavy atom. The Labute approximate surface area is 114 Å². The van der Waals surface area contributed by atoms with Crippen molar-refractivity contribution >= 4 is 17.7 Å². The highest BCUT2D eigenvalue weighted by molar-refractivity contribution is 8.00. The van der Waals surface area contributed by atoms with Gasteiger partial charge < -0.3 is 16.0 Å². The van der Waals surface area contributed by atoms with E-state index < -0.39 is 0 Å². The number of thioether (sulfide) groups is 1. The summed E-state index contributed by atoms with van der Waals surface area (Å²) in [5.74, 6) is 1.76. The van der Waals surface area contributed by atoms with Crippen LogP contribution in [0.25, 0.3) is 0 Å². The maximum atomic E-state index is 12.3. The van der Waals surface area contributed by atoms with E-state index in [0.717, 1.165) is 38.2 Å². The fourth-order valence-corrected chi connectivity index (χ4v) is 4.23. The summed E-state index contributed by atoms with van der Waals surface area (Å²) in [5, 5.41) is 3.56. The molecule has 0 saturated carbocycles. The van der Waals surface area contributed by atoms with Crippen molar-refractivity contribution in [3.05, 3.63) is 0 Å². The fourth-order valence-electron chi connectivity index (χ4n) is 2.89. The number of hydrogen-bond donors (Lipinski definition) is 2. The molecule has 0 aromatic carbocycles. The summed E-state index contributed by atoms with van der Waals surface area (Å²) in [6.45, 7) is 6.97. The average molecular weight is 271 g/mol. The lowest BCUT2D eigenvalue weighted by Gasteiger charge is -2.40. The SMILES string of the molecule is CC(C)C[C@H](N)C(=O)N1CCCC2(C1)NCCS2. The van der Waals surface area contributed by atoms with Gasteiger partial charge in [-0.1, -0.05) is 13.8 Å². The maximum Gasteiger partial charge on any atom is 0.239 e. The van der Waals surface area contributed by atoms with E-state index in [1.807, 2.05) is 16.7 Å². The molecule has 2 atom stereocenters. The van der Waals surface area contributed by atoms with Crippen LogP contribution < -0.4 is 11.1 Å². The molecule has 0 bridgehead atoms. The molecule has 0 radical (unpaired) electrons. The molecule has 2 heterocycles. The van der Waals surface area contributed by atoms with Crippen LogP contribution in [0, 0.1) is 5.92 Å². The Kier molecular flexibility index (Phi) is 4.56. The van der Waals surface area contributed by atoms with Crippen LogP contribution >= 0.6 is 11.8 Å². The predicted octanol–water partition coefficient (Wildman–Crippen LogP) is 1.01. The van der Waals surface area contributed by atoms with Gasteiger partial charge in [-0.25, -0.2) is 0 Å². The van der Waals surface area contributed by atoms with E-state index in [2.05, 4.69) is 19.2 Å². The molecule has 4 nitrogen and oxygen atoms in total. The van der Waals surface area contributed by atoms with Crippen molar-refractivity contribution in [1.29, 1.82) is 0 Å². The Bertz CT molecular complexity index is 303. The van der Waals surface area contributed by atoms with Gasteiger partial charge in [-0.05, 0) is 25.2 Å². The molecule has 2 rings (SSSR count). The molecule has 1 amide bonds. The summed E-state index contributed by atoms with van der Waals surface area (Å²) in [6, 6.07) is -0.327. The Morgan fingerprint density at radius 1 is 1.56 bits per heavy atom. The first kappa shape index (κ1) is 14.2. The largest absolute Gasteiger partial charge is 0.339 e. The highest BCUT2D eigenvalue weighted by atomic mass is 32.2. The lowest BCUT2D eigenvalue weighted by Crippen LogP contribution is -2.56. The second-order valence-electron chi connectivity index (χ2n) is 5.87. The number of carbonyl (C=O) groups excluding carboxylic acids is 1. The molecule has 18 heavy (non-hydrogen) atoms. The number of amides is 1. The summed E-state index contributed by atoms with van der Waals surface area (Å²) >= 11 is 1.97. The van der Waals surface area contributed by atoms with Crippen molar-refractivity contribution in [2.45, 2.75) is 44.0 Å². The van der Waals surface area contributed by atoms with Crippen molar-refractivity contribution in [2.75, 3.05) is 25.4 Å². The van der Waals surface area contributed by atoms with Gasteiger partial charge in [0.15, 0.2) is 0 Å². The van der Waals surface area contributed by atoms with Crippen molar-refractivity contribution in [2.24, 2.45) is 11.7 Å². The summed E-state index contributed by atoms with van der Waals surface area (Å²) in [5.41, 5.74) is 6.02. The summed E-state index contributed by atoms with van der Waals surface area (Å²) in [4.78, 5) is 14.4. The molecular formula is C13H25N3OS. The molecule has 2 saturated heterocycles. The highest BCUT2D eigenvalue weighted by Crippen LogP contribution is 2.35. The van der Waals surface area contributed by atoms with Crippen molar-refractivity contribution in [1.82, 2.24) is 10.2 Å². The van der Waals surface area contributed by atoms with Crippen LogP contribution in [0.1, 0.15) is 33.1 Å². The molecule has 5 heteroatoms. The van der Waals surface area contributed by atoms with Gasteiger partial charge in [0, 0.05) is 25.4 Å². The molecule has 104 valence electrons. The van der Waals surface area contributed by atoms with Gasteiger partial charge in [-0.3, -0.25) is 4.79 Å². The van der Waals surface area contributed by atoms with E-state index in [9.17, 15) is 4.79 Å². The van der Waals surface area contributed by atoms with E-state index in [0.29, 0.717) is 5.92 Å². The monoisotopic (exact) mass is 271 g/mol. The number of nitrogens with one attached hydrogen (secondary N) is 1. The van der Waals surface area contributed by atoms with E-state index in [1.54, 1.807) is 0 Å². The van der Waals surface area contributed by atoms with Crippen LogP contribution in [-0.4, -0.2) is 47.1 Å². The minimum absolute atomic E-state index is 0.117. The molecule has 0 aliphatic carbocycles. The number of nitrogens with zero attached hydrogens (tertiary/aromatic N) is 1. The fraction of sp³-hybridized carbons (Fsp3) is 0.923. The standard InChI is InChI=1S/C13H25N3OS/c1-10(2)8-11(14)12(17)16-6-3-4-13(9-16)15-5-7-18-13/h10-11,15H,3-9,14H2,1-2H3/t11-,13?/m0/s1. The first-order valence-corrected chi connectivity index (χ1v) is 7.94. The number of carbonyl (C=O) groups is 1. The minimum Gasteiger partial charge on any atom is -0.339 e. The van der Waals surface area contributed by atoms with Crippen molar-refractivity contribution < 1.29 is 4.79 Å². The molecule has 2 fully saturated rings. The lowest BCUT2D eigenvalue weighted by molar-refractivity contribution is -0.134. The lowest BCUT2D eigenvalue weighted by atomic mass is 10.0. The molecule has 2 aliphatic rings. The summed E-state index contributed by atoms with van der Waals surface area (Å²) in [7, 11) is 0. The Balaban J connectivity index is 1.93. The zero-order valence-electron chi connectivity index (χ0n) is 11.4. The average Bonchev–Trinajstić information content (AvgIpc) is 2.75. The number of likely N-dealkylation sites (tertiary alicyclic amines) is 1. The van der Waals surface area contributed by atoms with Gasteiger partial charge in [-0.15, -0.1) is 11.8 Å². The molecule has 0 aromatic rings. The van der Waals surface area contributed by atoms with Crippen LogP contribution in [-0.2, 0) is 4.79 Å². The molecule has 3 N–H and O–H groups in total. The third-order valence-electron chi connectivity index (χ3n) is 3.74. The second-order valence-corrected chi connectivity index (χ2v) is 7.35. The van der Waals surface area contributed by atoms with Gasteiger partial charge >= 0.3 is 0 Å². The van der Waals surface area contributed by atoms with Crippen LogP contribution in [0.2, 0.25) is 0 Å². The van der Waals surface area contributed by atoms with Gasteiger partial charge in [0.1, 0.15) is 0 Å². The van der Waals surface area contributed by atoms with Crippen molar-refractivity contribution in [3.8, 4) is 0 Å². The quantitative estimate of drug-likeness (QED) is 0.804. The summed E-state index contributed by atoms with van der Waals surface area (Å²) in [6.07, 6.45) is 3.03. The van der Waals surface area contributed by atoms with Gasteiger partial charge in [0.2, 0.25) is 5.91 Å². The van der Waals surface area contributed by atoms with Gasteiger partial charge in [-0.2, -0.15) is 0 Å².